The number of hydrogen-bond acceptors (Lipinski definition) is 4. The molecule has 5 nitrogen and oxygen atoms in total. The normalized spacial score (nSPS) is 12.5. The number of pyridine rings is 1. The molecule has 0 aliphatic rings. The number of imidazole rings is 1. The van der Waals surface area contributed by atoms with Gasteiger partial charge in [-0.3, -0.25) is 4.98 Å². The standard InChI is InChI=1S/C16H25N5/c1-13-5-4-8-18-15(13)12-20-14(6-3-7-17)11-16-19-9-10-21(16)2/h4-5,8-10,14,20H,3,6-7,11-12,17H2,1-2H3. The van der Waals surface area contributed by atoms with E-state index in [1.54, 1.807) is 0 Å². The highest BCUT2D eigenvalue weighted by Gasteiger charge is 2.12. The molecule has 5 heteroatoms. The van der Waals surface area contributed by atoms with Crippen LogP contribution in [-0.2, 0) is 20.0 Å². The van der Waals surface area contributed by atoms with Gasteiger partial charge in [-0.2, -0.15) is 0 Å². The van der Waals surface area contributed by atoms with Crippen LogP contribution in [0.2, 0.25) is 0 Å². The third-order valence-corrected chi connectivity index (χ3v) is 3.78. The van der Waals surface area contributed by atoms with E-state index in [1.807, 2.05) is 31.7 Å². The third-order valence-electron chi connectivity index (χ3n) is 3.78. The first-order valence-corrected chi connectivity index (χ1v) is 7.51. The minimum absolute atomic E-state index is 0.371. The molecule has 0 fully saturated rings. The lowest BCUT2D eigenvalue weighted by Gasteiger charge is -2.18. The molecule has 3 N–H and O–H groups in total. The Balaban J connectivity index is 1.96. The second-order valence-corrected chi connectivity index (χ2v) is 5.43. The second-order valence-electron chi connectivity index (χ2n) is 5.43. The smallest absolute Gasteiger partial charge is 0.109 e. The van der Waals surface area contributed by atoms with Crippen molar-refractivity contribution in [2.24, 2.45) is 12.8 Å². The van der Waals surface area contributed by atoms with Gasteiger partial charge in [0, 0.05) is 44.6 Å². The molecular formula is C16H25N5. The van der Waals surface area contributed by atoms with Crippen molar-refractivity contribution >= 4 is 0 Å². The van der Waals surface area contributed by atoms with Crippen molar-refractivity contribution in [1.29, 1.82) is 0 Å². The fraction of sp³-hybridized carbons (Fsp3) is 0.500. The summed E-state index contributed by atoms with van der Waals surface area (Å²) >= 11 is 0. The molecule has 0 bridgehead atoms. The summed E-state index contributed by atoms with van der Waals surface area (Å²) in [6, 6.07) is 4.44. The van der Waals surface area contributed by atoms with Gasteiger partial charge in [0.2, 0.25) is 0 Å². The van der Waals surface area contributed by atoms with Crippen LogP contribution in [0.5, 0.6) is 0 Å². The fourth-order valence-electron chi connectivity index (χ4n) is 2.40. The van der Waals surface area contributed by atoms with E-state index in [1.165, 1.54) is 5.56 Å². The third kappa shape index (κ3) is 4.65. The summed E-state index contributed by atoms with van der Waals surface area (Å²) < 4.78 is 2.07. The number of aryl methyl sites for hydroxylation is 2. The Hall–Kier alpha value is -1.72. The number of rotatable bonds is 8. The molecule has 0 aliphatic carbocycles. The van der Waals surface area contributed by atoms with Gasteiger partial charge in [-0.1, -0.05) is 6.07 Å². The van der Waals surface area contributed by atoms with E-state index in [0.717, 1.165) is 43.9 Å². The van der Waals surface area contributed by atoms with Gasteiger partial charge >= 0.3 is 0 Å². The minimum Gasteiger partial charge on any atom is -0.338 e. The van der Waals surface area contributed by atoms with Crippen LogP contribution in [0.1, 0.15) is 29.9 Å². The van der Waals surface area contributed by atoms with E-state index in [-0.39, 0.29) is 0 Å². The van der Waals surface area contributed by atoms with Crippen molar-refractivity contribution in [3.05, 3.63) is 47.8 Å². The molecule has 0 aromatic carbocycles. The SMILES string of the molecule is Cc1cccnc1CNC(CCCN)Cc1nccn1C. The van der Waals surface area contributed by atoms with Crippen molar-refractivity contribution in [2.45, 2.75) is 38.8 Å². The first-order valence-electron chi connectivity index (χ1n) is 7.51. The van der Waals surface area contributed by atoms with Crippen LogP contribution < -0.4 is 11.1 Å². The van der Waals surface area contributed by atoms with Crippen molar-refractivity contribution in [2.75, 3.05) is 6.54 Å². The zero-order valence-electron chi connectivity index (χ0n) is 12.9. The maximum Gasteiger partial charge on any atom is 0.109 e. The highest BCUT2D eigenvalue weighted by Crippen LogP contribution is 2.08. The fourth-order valence-corrected chi connectivity index (χ4v) is 2.40. The molecular weight excluding hydrogens is 262 g/mol. The number of nitrogens with two attached hydrogens (primary N) is 1. The van der Waals surface area contributed by atoms with Gasteiger partial charge in [-0.05, 0) is 37.9 Å². The monoisotopic (exact) mass is 287 g/mol. The van der Waals surface area contributed by atoms with Gasteiger partial charge in [-0.25, -0.2) is 4.98 Å². The van der Waals surface area contributed by atoms with Crippen LogP contribution in [0, 0.1) is 6.92 Å². The Kier molecular flexibility index (Phi) is 5.90. The van der Waals surface area contributed by atoms with E-state index >= 15 is 0 Å². The molecule has 0 radical (unpaired) electrons. The zero-order valence-corrected chi connectivity index (χ0v) is 12.9. The highest BCUT2D eigenvalue weighted by molar-refractivity contribution is 5.17. The summed E-state index contributed by atoms with van der Waals surface area (Å²) in [4.78, 5) is 8.85. The van der Waals surface area contributed by atoms with Gasteiger partial charge in [0.15, 0.2) is 0 Å². The summed E-state index contributed by atoms with van der Waals surface area (Å²) in [5, 5.41) is 3.61. The molecule has 2 aromatic rings. The summed E-state index contributed by atoms with van der Waals surface area (Å²) in [6.07, 6.45) is 8.65. The van der Waals surface area contributed by atoms with Crippen LogP contribution in [-0.4, -0.2) is 27.1 Å². The molecule has 0 spiro atoms. The lowest BCUT2D eigenvalue weighted by atomic mass is 10.1. The molecule has 0 saturated carbocycles. The molecule has 0 aliphatic heterocycles. The van der Waals surface area contributed by atoms with Gasteiger partial charge in [-0.15, -0.1) is 0 Å². The van der Waals surface area contributed by atoms with Crippen LogP contribution in [0.3, 0.4) is 0 Å². The molecule has 1 atom stereocenters. The zero-order chi connectivity index (χ0) is 15.1. The summed E-state index contributed by atoms with van der Waals surface area (Å²) in [6.45, 7) is 3.60. The quantitative estimate of drug-likeness (QED) is 0.773. The minimum atomic E-state index is 0.371. The van der Waals surface area contributed by atoms with Crippen molar-refractivity contribution < 1.29 is 0 Å². The number of nitrogens with one attached hydrogen (secondary N) is 1. The van der Waals surface area contributed by atoms with Crippen LogP contribution in [0.4, 0.5) is 0 Å². The Bertz CT molecular complexity index is 549. The molecule has 0 amide bonds. The van der Waals surface area contributed by atoms with Crippen molar-refractivity contribution in [3.8, 4) is 0 Å². The van der Waals surface area contributed by atoms with Crippen molar-refractivity contribution in [3.63, 3.8) is 0 Å². The van der Waals surface area contributed by atoms with Crippen molar-refractivity contribution in [1.82, 2.24) is 19.9 Å². The van der Waals surface area contributed by atoms with Crippen LogP contribution >= 0.6 is 0 Å². The van der Waals surface area contributed by atoms with Crippen LogP contribution in [0.25, 0.3) is 0 Å². The Morgan fingerprint density at radius 1 is 1.33 bits per heavy atom. The largest absolute Gasteiger partial charge is 0.338 e. The lowest BCUT2D eigenvalue weighted by molar-refractivity contribution is 0.450. The number of nitrogens with zero attached hydrogens (tertiary/aromatic N) is 3. The molecule has 2 rings (SSSR count). The molecule has 1 unspecified atom stereocenters. The number of aromatic nitrogens is 3. The Morgan fingerprint density at radius 2 is 2.19 bits per heavy atom. The molecule has 0 saturated heterocycles. The summed E-state index contributed by atoms with van der Waals surface area (Å²) in [7, 11) is 2.03. The van der Waals surface area contributed by atoms with Crippen LogP contribution in [0.15, 0.2) is 30.7 Å². The van der Waals surface area contributed by atoms with E-state index < -0.39 is 0 Å². The maximum atomic E-state index is 5.65. The average Bonchev–Trinajstić information content (AvgIpc) is 2.88. The predicted molar refractivity (Wildman–Crippen MR) is 84.8 cm³/mol. The topological polar surface area (TPSA) is 68.8 Å². The lowest BCUT2D eigenvalue weighted by Crippen LogP contribution is -2.32. The average molecular weight is 287 g/mol. The summed E-state index contributed by atoms with van der Waals surface area (Å²) in [5.41, 5.74) is 7.98. The Labute approximate surface area is 126 Å². The van der Waals surface area contributed by atoms with Gasteiger partial charge in [0.25, 0.3) is 0 Å². The predicted octanol–water partition coefficient (Wildman–Crippen LogP) is 1.56. The van der Waals surface area contributed by atoms with Gasteiger partial charge < -0.3 is 15.6 Å². The van der Waals surface area contributed by atoms with E-state index in [4.69, 9.17) is 5.73 Å². The summed E-state index contributed by atoms with van der Waals surface area (Å²) in [5.74, 6) is 1.10. The highest BCUT2D eigenvalue weighted by atomic mass is 15.0. The molecule has 21 heavy (non-hydrogen) atoms. The van der Waals surface area contributed by atoms with E-state index in [2.05, 4.69) is 32.8 Å². The number of hydrogen-bond donors (Lipinski definition) is 2. The first kappa shape index (κ1) is 15.7. The Morgan fingerprint density at radius 3 is 2.86 bits per heavy atom. The van der Waals surface area contributed by atoms with Gasteiger partial charge in [0.05, 0.1) is 5.69 Å². The first-order chi connectivity index (χ1) is 10.2. The van der Waals surface area contributed by atoms with Gasteiger partial charge in [0.1, 0.15) is 5.82 Å². The van der Waals surface area contributed by atoms with E-state index in [9.17, 15) is 0 Å². The maximum absolute atomic E-state index is 5.65. The molecule has 2 aromatic heterocycles. The molecule has 114 valence electrons. The van der Waals surface area contributed by atoms with E-state index in [0.29, 0.717) is 6.04 Å². The molecule has 2 heterocycles. The second kappa shape index (κ2) is 7.90.